The number of aryl methyl sites for hydroxylation is 1. The molecule has 1 fully saturated rings. The third kappa shape index (κ3) is 10.3. The summed E-state index contributed by atoms with van der Waals surface area (Å²) >= 11 is 5.47. The molecular weight excluding hydrogens is 555 g/mol. The number of ether oxygens (including phenoxy) is 1. The van der Waals surface area contributed by atoms with E-state index >= 15 is 0 Å². The van der Waals surface area contributed by atoms with E-state index < -0.39 is 22.4 Å². The van der Waals surface area contributed by atoms with Crippen molar-refractivity contribution in [2.75, 3.05) is 25.0 Å². The number of rotatable bonds is 14. The van der Waals surface area contributed by atoms with Gasteiger partial charge in [0.05, 0.1) is 4.92 Å². The molecule has 1 saturated carbocycles. The van der Waals surface area contributed by atoms with Gasteiger partial charge in [-0.25, -0.2) is 4.98 Å². The molecule has 0 aliphatic heterocycles. The van der Waals surface area contributed by atoms with Crippen LogP contribution < -0.4 is 15.4 Å². The van der Waals surface area contributed by atoms with Crippen molar-refractivity contribution in [1.29, 1.82) is 0 Å². The van der Waals surface area contributed by atoms with Crippen LogP contribution in [0, 0.1) is 10.1 Å². The monoisotopic (exact) mass is 595 g/mol. The van der Waals surface area contributed by atoms with E-state index in [1.165, 1.54) is 11.6 Å². The minimum atomic E-state index is -4.80. The Hall–Kier alpha value is -3.15. The molecular formula is C29H40F3N5O3S. The van der Waals surface area contributed by atoms with Crippen LogP contribution in [0.4, 0.5) is 24.5 Å². The number of pyridine rings is 1. The minimum Gasteiger partial charge on any atom is -0.474 e. The van der Waals surface area contributed by atoms with Crippen LogP contribution in [-0.2, 0) is 12.6 Å². The summed E-state index contributed by atoms with van der Waals surface area (Å²) in [5.41, 5.74) is -0.793. The Morgan fingerprint density at radius 1 is 1.12 bits per heavy atom. The average Bonchev–Trinajstić information content (AvgIpc) is 2.93. The first-order valence-electron chi connectivity index (χ1n) is 14.4. The van der Waals surface area contributed by atoms with Gasteiger partial charge in [-0.05, 0) is 94.3 Å². The van der Waals surface area contributed by atoms with E-state index in [9.17, 15) is 23.3 Å². The maximum Gasteiger partial charge on any atom is 0.423 e. The highest BCUT2D eigenvalue weighted by Gasteiger charge is 2.38. The number of nitrogens with zero attached hydrogens (tertiary/aromatic N) is 3. The van der Waals surface area contributed by atoms with Crippen LogP contribution >= 0.6 is 12.2 Å². The summed E-state index contributed by atoms with van der Waals surface area (Å²) in [5.74, 6) is 0.592. The standard InChI is InChI=1S/C29H40F3N5O3S/c1-3-17-36(28(41)33-4-2)18-7-5-6-8-21-15-16-34-27(19-21)40-24-12-9-22(10-13-24)35-23-11-14-26(37(38)39)25(20-23)29(30,31)32/h11,14-16,19-20,22,24,35H,3-10,12-13,17-18H2,1-2H3,(H,33,41). The van der Waals surface area contributed by atoms with Crippen molar-refractivity contribution >= 4 is 28.7 Å². The van der Waals surface area contributed by atoms with E-state index in [1.54, 1.807) is 6.20 Å². The van der Waals surface area contributed by atoms with Crippen LogP contribution in [0.1, 0.15) is 76.3 Å². The van der Waals surface area contributed by atoms with Gasteiger partial charge in [0.2, 0.25) is 5.88 Å². The molecule has 1 heterocycles. The maximum absolute atomic E-state index is 13.3. The lowest BCUT2D eigenvalue weighted by atomic mass is 9.92. The Kier molecular flexibility index (Phi) is 12.4. The number of aromatic nitrogens is 1. The lowest BCUT2D eigenvalue weighted by Gasteiger charge is -2.30. The topological polar surface area (TPSA) is 92.6 Å². The van der Waals surface area contributed by atoms with Crippen LogP contribution in [0.15, 0.2) is 36.5 Å². The van der Waals surface area contributed by atoms with Gasteiger partial charge in [0.25, 0.3) is 5.69 Å². The van der Waals surface area contributed by atoms with E-state index in [0.717, 1.165) is 81.8 Å². The molecule has 0 bridgehead atoms. The fourth-order valence-corrected chi connectivity index (χ4v) is 5.40. The summed E-state index contributed by atoms with van der Waals surface area (Å²) in [6, 6.07) is 7.00. The molecule has 1 aliphatic carbocycles. The lowest BCUT2D eigenvalue weighted by molar-refractivity contribution is -0.388. The van der Waals surface area contributed by atoms with Crippen LogP contribution in [0.5, 0.6) is 5.88 Å². The van der Waals surface area contributed by atoms with Gasteiger partial charge in [-0.3, -0.25) is 10.1 Å². The minimum absolute atomic E-state index is 0.0245. The third-order valence-corrected chi connectivity index (χ3v) is 7.54. The van der Waals surface area contributed by atoms with Crippen LogP contribution in [0.2, 0.25) is 0 Å². The summed E-state index contributed by atoms with van der Waals surface area (Å²) in [7, 11) is 0. The number of hydrogen-bond acceptors (Lipinski definition) is 6. The SMILES string of the molecule is CCCN(CCCCCc1ccnc(OC2CCC(Nc3ccc([N+](=O)[O-])c(C(F)(F)F)c3)CC2)c1)C(=S)NCC. The number of nitro groups is 1. The van der Waals surface area contributed by atoms with E-state index in [0.29, 0.717) is 18.7 Å². The molecule has 12 heteroatoms. The van der Waals surface area contributed by atoms with Crippen molar-refractivity contribution in [3.05, 3.63) is 57.8 Å². The molecule has 3 rings (SSSR count). The average molecular weight is 596 g/mol. The molecule has 2 N–H and O–H groups in total. The third-order valence-electron chi connectivity index (χ3n) is 7.13. The smallest absolute Gasteiger partial charge is 0.423 e. The van der Waals surface area contributed by atoms with Gasteiger partial charge in [-0.1, -0.05) is 13.3 Å². The number of nitrogens with one attached hydrogen (secondary N) is 2. The molecule has 0 spiro atoms. The molecule has 0 atom stereocenters. The van der Waals surface area contributed by atoms with Crippen molar-refractivity contribution in [3.63, 3.8) is 0 Å². The summed E-state index contributed by atoms with van der Waals surface area (Å²) in [5, 5.41) is 18.2. The van der Waals surface area contributed by atoms with Gasteiger partial charge in [-0.2, -0.15) is 13.2 Å². The molecule has 0 unspecified atom stereocenters. The predicted molar refractivity (Wildman–Crippen MR) is 158 cm³/mol. The van der Waals surface area contributed by atoms with Crippen molar-refractivity contribution in [1.82, 2.24) is 15.2 Å². The van der Waals surface area contributed by atoms with E-state index in [1.807, 2.05) is 12.1 Å². The summed E-state index contributed by atoms with van der Waals surface area (Å²) < 4.78 is 46.0. The molecule has 1 aromatic heterocycles. The fourth-order valence-electron chi connectivity index (χ4n) is 5.07. The largest absolute Gasteiger partial charge is 0.474 e. The molecule has 1 aliphatic rings. The predicted octanol–water partition coefficient (Wildman–Crippen LogP) is 7.13. The summed E-state index contributed by atoms with van der Waals surface area (Å²) in [4.78, 5) is 16.6. The van der Waals surface area contributed by atoms with E-state index in [2.05, 4.69) is 34.4 Å². The number of alkyl halides is 3. The highest BCUT2D eigenvalue weighted by molar-refractivity contribution is 7.80. The van der Waals surface area contributed by atoms with Crippen molar-refractivity contribution in [2.24, 2.45) is 0 Å². The molecule has 1 aromatic carbocycles. The van der Waals surface area contributed by atoms with Crippen LogP contribution in [-0.4, -0.2) is 51.7 Å². The van der Waals surface area contributed by atoms with Crippen molar-refractivity contribution in [2.45, 2.75) is 90.0 Å². The number of unbranched alkanes of at least 4 members (excludes halogenated alkanes) is 2. The number of anilines is 1. The molecule has 226 valence electrons. The summed E-state index contributed by atoms with van der Waals surface area (Å²) in [6.45, 7) is 6.96. The number of benzene rings is 1. The Bertz CT molecular complexity index is 1140. The Labute approximate surface area is 245 Å². The van der Waals surface area contributed by atoms with Crippen molar-refractivity contribution < 1.29 is 22.8 Å². The quantitative estimate of drug-likeness (QED) is 0.103. The second kappa shape index (κ2) is 15.7. The van der Waals surface area contributed by atoms with Gasteiger partial charge in [0.1, 0.15) is 11.7 Å². The van der Waals surface area contributed by atoms with E-state index in [4.69, 9.17) is 17.0 Å². The van der Waals surface area contributed by atoms with E-state index in [-0.39, 0.29) is 17.8 Å². The van der Waals surface area contributed by atoms with Gasteiger partial charge in [0.15, 0.2) is 5.11 Å². The van der Waals surface area contributed by atoms with Crippen molar-refractivity contribution in [3.8, 4) is 5.88 Å². The maximum atomic E-state index is 13.3. The second-order valence-electron chi connectivity index (χ2n) is 10.4. The Balaban J connectivity index is 1.43. The molecule has 8 nitrogen and oxygen atoms in total. The number of halogens is 3. The number of thiocarbonyl (C=S) groups is 1. The first-order chi connectivity index (χ1) is 19.6. The van der Waals surface area contributed by atoms with Gasteiger partial charge < -0.3 is 20.3 Å². The molecule has 2 aromatic rings. The number of nitro benzene ring substituents is 1. The summed E-state index contributed by atoms with van der Waals surface area (Å²) in [6.07, 6.45) is 5.05. The van der Waals surface area contributed by atoms with Gasteiger partial charge in [-0.15, -0.1) is 0 Å². The lowest BCUT2D eigenvalue weighted by Crippen LogP contribution is -2.40. The Morgan fingerprint density at radius 3 is 2.54 bits per heavy atom. The zero-order chi connectivity index (χ0) is 29.8. The first-order valence-corrected chi connectivity index (χ1v) is 14.8. The normalized spacial score (nSPS) is 17.1. The van der Waals surface area contributed by atoms with Gasteiger partial charge in [0, 0.05) is 49.7 Å². The zero-order valence-electron chi connectivity index (χ0n) is 23.7. The Morgan fingerprint density at radius 2 is 1.88 bits per heavy atom. The molecule has 0 radical (unpaired) electrons. The second-order valence-corrected chi connectivity index (χ2v) is 10.7. The molecule has 41 heavy (non-hydrogen) atoms. The van der Waals surface area contributed by atoms with Gasteiger partial charge >= 0.3 is 6.18 Å². The first kappa shape index (κ1) is 32.4. The molecule has 0 saturated heterocycles. The highest BCUT2D eigenvalue weighted by Crippen LogP contribution is 2.38. The van der Waals surface area contributed by atoms with Crippen LogP contribution in [0.25, 0.3) is 0 Å². The molecule has 0 amide bonds. The van der Waals surface area contributed by atoms with Crippen LogP contribution in [0.3, 0.4) is 0 Å². The fraction of sp³-hybridized carbons (Fsp3) is 0.586. The number of hydrogen-bond donors (Lipinski definition) is 2. The highest BCUT2D eigenvalue weighted by atomic mass is 32.1. The zero-order valence-corrected chi connectivity index (χ0v) is 24.5.